The molecular weight excluding hydrogens is 340 g/mol. The van der Waals surface area contributed by atoms with Gasteiger partial charge in [0.1, 0.15) is 5.75 Å². The molecule has 0 spiro atoms. The average Bonchev–Trinajstić information content (AvgIpc) is 2.65. The molecule has 1 atom stereocenters. The SMILES string of the molecule is CC[C@@H](Oc1ccccc1)C(=O)OCC(=O)Nc1ccc([N+](=O)[O-])cc1. The fourth-order valence-corrected chi connectivity index (χ4v) is 2.05. The van der Waals surface area contributed by atoms with E-state index in [9.17, 15) is 19.7 Å². The Morgan fingerprint density at radius 1 is 1.12 bits per heavy atom. The summed E-state index contributed by atoms with van der Waals surface area (Å²) in [7, 11) is 0. The lowest BCUT2D eigenvalue weighted by molar-refractivity contribution is -0.384. The van der Waals surface area contributed by atoms with Gasteiger partial charge in [-0.25, -0.2) is 4.79 Å². The Labute approximate surface area is 149 Å². The van der Waals surface area contributed by atoms with E-state index in [1.807, 2.05) is 6.07 Å². The summed E-state index contributed by atoms with van der Waals surface area (Å²) in [5.41, 5.74) is 0.280. The highest BCUT2D eigenvalue weighted by Crippen LogP contribution is 2.16. The number of anilines is 1. The van der Waals surface area contributed by atoms with Crippen LogP contribution in [0.5, 0.6) is 5.75 Å². The van der Waals surface area contributed by atoms with Gasteiger partial charge in [-0.05, 0) is 30.7 Å². The quantitative estimate of drug-likeness (QED) is 0.441. The maximum atomic E-state index is 12.1. The van der Waals surface area contributed by atoms with Crippen LogP contribution in [0.15, 0.2) is 54.6 Å². The second-order valence-electron chi connectivity index (χ2n) is 5.29. The number of nitro benzene ring substituents is 1. The first kappa shape index (κ1) is 18.9. The first-order valence-corrected chi connectivity index (χ1v) is 7.92. The first-order chi connectivity index (χ1) is 12.5. The Balaban J connectivity index is 1.83. The molecule has 8 nitrogen and oxygen atoms in total. The summed E-state index contributed by atoms with van der Waals surface area (Å²) >= 11 is 0. The highest BCUT2D eigenvalue weighted by molar-refractivity contribution is 5.93. The molecule has 1 amide bonds. The molecule has 0 saturated carbocycles. The van der Waals surface area contributed by atoms with Crippen molar-refractivity contribution in [3.8, 4) is 5.75 Å². The smallest absolute Gasteiger partial charge is 0.347 e. The van der Waals surface area contributed by atoms with Gasteiger partial charge in [0.15, 0.2) is 12.7 Å². The minimum absolute atomic E-state index is 0.0849. The molecule has 0 aliphatic heterocycles. The number of ether oxygens (including phenoxy) is 2. The normalized spacial score (nSPS) is 11.3. The van der Waals surface area contributed by atoms with Crippen molar-refractivity contribution in [3.63, 3.8) is 0 Å². The highest BCUT2D eigenvalue weighted by atomic mass is 16.6. The Hall–Kier alpha value is -3.42. The molecule has 8 heteroatoms. The minimum Gasteiger partial charge on any atom is -0.479 e. The van der Waals surface area contributed by atoms with Crippen molar-refractivity contribution in [2.24, 2.45) is 0 Å². The number of esters is 1. The van der Waals surface area contributed by atoms with Crippen molar-refractivity contribution in [3.05, 3.63) is 64.7 Å². The number of non-ortho nitro benzene ring substituents is 1. The summed E-state index contributed by atoms with van der Waals surface area (Å²) in [5, 5.41) is 13.1. The number of benzene rings is 2. The van der Waals surface area contributed by atoms with E-state index in [2.05, 4.69) is 5.32 Å². The molecule has 0 unspecified atom stereocenters. The van der Waals surface area contributed by atoms with Gasteiger partial charge in [-0.1, -0.05) is 25.1 Å². The van der Waals surface area contributed by atoms with Crippen LogP contribution in [0.3, 0.4) is 0 Å². The summed E-state index contributed by atoms with van der Waals surface area (Å²) in [6, 6.07) is 14.2. The minimum atomic E-state index is -0.815. The van der Waals surface area contributed by atoms with E-state index in [0.717, 1.165) is 0 Å². The maximum absolute atomic E-state index is 12.1. The van der Waals surface area contributed by atoms with E-state index in [1.165, 1.54) is 24.3 Å². The van der Waals surface area contributed by atoms with Crippen LogP contribution in [0.4, 0.5) is 11.4 Å². The van der Waals surface area contributed by atoms with Crippen LogP contribution >= 0.6 is 0 Å². The van der Waals surface area contributed by atoms with Crippen molar-refractivity contribution in [2.75, 3.05) is 11.9 Å². The molecule has 0 aromatic heterocycles. The van der Waals surface area contributed by atoms with Gasteiger partial charge in [-0.15, -0.1) is 0 Å². The first-order valence-electron chi connectivity index (χ1n) is 7.92. The van der Waals surface area contributed by atoms with Gasteiger partial charge in [-0.2, -0.15) is 0 Å². The molecule has 0 heterocycles. The lowest BCUT2D eigenvalue weighted by Crippen LogP contribution is -2.31. The second-order valence-corrected chi connectivity index (χ2v) is 5.29. The number of hydrogen-bond donors (Lipinski definition) is 1. The second kappa shape index (κ2) is 9.16. The van der Waals surface area contributed by atoms with Crippen molar-refractivity contribution in [2.45, 2.75) is 19.4 Å². The van der Waals surface area contributed by atoms with Gasteiger partial charge in [-0.3, -0.25) is 14.9 Å². The fourth-order valence-electron chi connectivity index (χ4n) is 2.05. The molecule has 26 heavy (non-hydrogen) atoms. The standard InChI is InChI=1S/C18H18N2O6/c1-2-16(26-15-6-4-3-5-7-15)18(22)25-12-17(21)19-13-8-10-14(11-9-13)20(23)24/h3-11,16H,2,12H2,1H3,(H,19,21)/t16-/m1/s1. The summed E-state index contributed by atoms with van der Waals surface area (Å²) in [5.74, 6) is -0.663. The van der Waals surface area contributed by atoms with E-state index in [1.54, 1.807) is 31.2 Å². The molecule has 0 aliphatic rings. The third-order valence-corrected chi connectivity index (χ3v) is 3.36. The van der Waals surface area contributed by atoms with Crippen LogP contribution in [-0.2, 0) is 14.3 Å². The molecule has 0 radical (unpaired) electrons. The number of rotatable bonds is 8. The van der Waals surface area contributed by atoms with Crippen molar-refractivity contribution < 1.29 is 24.0 Å². The van der Waals surface area contributed by atoms with E-state index >= 15 is 0 Å². The lowest BCUT2D eigenvalue weighted by atomic mass is 10.2. The molecule has 0 fully saturated rings. The van der Waals surface area contributed by atoms with E-state index in [-0.39, 0.29) is 5.69 Å². The zero-order valence-electron chi connectivity index (χ0n) is 14.1. The molecule has 2 aromatic rings. The number of nitro groups is 1. The lowest BCUT2D eigenvalue weighted by Gasteiger charge is -2.16. The van der Waals surface area contributed by atoms with Crippen LogP contribution in [0.25, 0.3) is 0 Å². The predicted molar refractivity (Wildman–Crippen MR) is 93.8 cm³/mol. The van der Waals surface area contributed by atoms with Crippen LogP contribution in [0, 0.1) is 10.1 Å². The molecule has 0 saturated heterocycles. The summed E-state index contributed by atoms with van der Waals surface area (Å²) in [6.45, 7) is 1.29. The van der Waals surface area contributed by atoms with Crippen molar-refractivity contribution in [1.29, 1.82) is 0 Å². The topological polar surface area (TPSA) is 108 Å². The average molecular weight is 358 g/mol. The molecule has 136 valence electrons. The number of nitrogens with zero attached hydrogens (tertiary/aromatic N) is 1. The van der Waals surface area contributed by atoms with Gasteiger partial charge < -0.3 is 14.8 Å². The summed E-state index contributed by atoms with van der Waals surface area (Å²) < 4.78 is 10.5. The number of para-hydroxylation sites is 1. The van der Waals surface area contributed by atoms with Gasteiger partial charge in [0.25, 0.3) is 11.6 Å². The van der Waals surface area contributed by atoms with Gasteiger partial charge in [0, 0.05) is 17.8 Å². The molecule has 0 bridgehead atoms. The van der Waals surface area contributed by atoms with Gasteiger partial charge >= 0.3 is 5.97 Å². The Morgan fingerprint density at radius 3 is 2.35 bits per heavy atom. The van der Waals surface area contributed by atoms with E-state index in [4.69, 9.17) is 9.47 Å². The Bertz CT molecular complexity index is 761. The largest absolute Gasteiger partial charge is 0.479 e. The number of carbonyl (C=O) groups is 2. The molecule has 2 rings (SSSR count). The van der Waals surface area contributed by atoms with Crippen LogP contribution in [-0.4, -0.2) is 29.5 Å². The molecule has 0 aliphatic carbocycles. The third-order valence-electron chi connectivity index (χ3n) is 3.36. The van der Waals surface area contributed by atoms with Crippen LogP contribution in [0.2, 0.25) is 0 Å². The maximum Gasteiger partial charge on any atom is 0.347 e. The highest BCUT2D eigenvalue weighted by Gasteiger charge is 2.21. The van der Waals surface area contributed by atoms with Crippen LogP contribution < -0.4 is 10.1 Å². The molecular formula is C18H18N2O6. The monoisotopic (exact) mass is 358 g/mol. The zero-order chi connectivity index (χ0) is 18.9. The summed E-state index contributed by atoms with van der Waals surface area (Å²) in [6.07, 6.45) is -0.429. The molecule has 1 N–H and O–H groups in total. The Morgan fingerprint density at radius 2 is 1.77 bits per heavy atom. The van der Waals surface area contributed by atoms with Crippen LogP contribution in [0.1, 0.15) is 13.3 Å². The number of hydrogen-bond acceptors (Lipinski definition) is 6. The Kier molecular flexibility index (Phi) is 6.67. The van der Waals surface area contributed by atoms with Gasteiger partial charge in [0.05, 0.1) is 4.92 Å². The van der Waals surface area contributed by atoms with E-state index < -0.39 is 29.5 Å². The number of nitrogens with one attached hydrogen (secondary N) is 1. The number of amides is 1. The van der Waals surface area contributed by atoms with Crippen molar-refractivity contribution >= 4 is 23.3 Å². The third kappa shape index (κ3) is 5.59. The van der Waals surface area contributed by atoms with E-state index in [0.29, 0.717) is 17.9 Å². The predicted octanol–water partition coefficient (Wildman–Crippen LogP) is 2.93. The zero-order valence-corrected chi connectivity index (χ0v) is 14.1. The summed E-state index contributed by atoms with van der Waals surface area (Å²) in [4.78, 5) is 33.9. The van der Waals surface area contributed by atoms with Gasteiger partial charge in [0.2, 0.25) is 0 Å². The number of carbonyl (C=O) groups excluding carboxylic acids is 2. The molecule has 2 aromatic carbocycles. The fraction of sp³-hybridized carbons (Fsp3) is 0.222. The van der Waals surface area contributed by atoms with Crippen molar-refractivity contribution in [1.82, 2.24) is 0 Å².